The Kier molecular flexibility index (Phi) is 5.95. The third-order valence-electron chi connectivity index (χ3n) is 4.64. The molecule has 0 unspecified atom stereocenters. The summed E-state index contributed by atoms with van der Waals surface area (Å²) in [5, 5.41) is 3.77. The van der Waals surface area contributed by atoms with E-state index in [2.05, 4.69) is 22.3 Å². The maximum absolute atomic E-state index is 12.4. The number of benzene rings is 2. The van der Waals surface area contributed by atoms with E-state index in [0.29, 0.717) is 0 Å². The van der Waals surface area contributed by atoms with E-state index >= 15 is 0 Å². The van der Waals surface area contributed by atoms with E-state index in [0.717, 1.165) is 48.9 Å². The third kappa shape index (κ3) is 4.97. The van der Waals surface area contributed by atoms with Gasteiger partial charge in [-0.2, -0.15) is 0 Å². The molecule has 1 fully saturated rings. The van der Waals surface area contributed by atoms with Crippen molar-refractivity contribution in [3.05, 3.63) is 59.1 Å². The smallest absolute Gasteiger partial charge is 0.227 e. The number of likely N-dealkylation sites (tertiary alicyclic amines) is 1. The van der Waals surface area contributed by atoms with Crippen LogP contribution in [-0.2, 0) is 11.3 Å². The van der Waals surface area contributed by atoms with Crippen LogP contribution in [0, 0.1) is 5.92 Å². The van der Waals surface area contributed by atoms with Gasteiger partial charge in [-0.05, 0) is 67.9 Å². The zero-order valence-electron chi connectivity index (χ0n) is 14.4. The fraction of sp³-hybridized carbons (Fsp3) is 0.350. The molecule has 0 atom stereocenters. The Morgan fingerprint density at radius 2 is 1.76 bits per heavy atom. The Labute approximate surface area is 153 Å². The van der Waals surface area contributed by atoms with Gasteiger partial charge in [-0.1, -0.05) is 23.7 Å². The normalized spacial score (nSPS) is 15.8. The lowest BCUT2D eigenvalue weighted by molar-refractivity contribution is -0.121. The molecule has 4 nitrogen and oxygen atoms in total. The molecule has 0 bridgehead atoms. The second kappa shape index (κ2) is 8.37. The van der Waals surface area contributed by atoms with Crippen molar-refractivity contribution in [1.29, 1.82) is 0 Å². The molecule has 0 saturated carbocycles. The number of anilines is 1. The van der Waals surface area contributed by atoms with Crippen LogP contribution < -0.4 is 10.1 Å². The van der Waals surface area contributed by atoms with E-state index in [1.165, 1.54) is 5.56 Å². The van der Waals surface area contributed by atoms with Crippen molar-refractivity contribution in [2.24, 2.45) is 5.92 Å². The van der Waals surface area contributed by atoms with Crippen LogP contribution in [0.1, 0.15) is 18.4 Å². The number of rotatable bonds is 5. The van der Waals surface area contributed by atoms with Crippen molar-refractivity contribution in [3.8, 4) is 5.75 Å². The summed E-state index contributed by atoms with van der Waals surface area (Å²) >= 11 is 5.93. The number of ether oxygens (including phenoxy) is 1. The molecule has 1 heterocycles. The summed E-state index contributed by atoms with van der Waals surface area (Å²) in [6, 6.07) is 15.4. The van der Waals surface area contributed by atoms with Crippen molar-refractivity contribution in [2.45, 2.75) is 19.4 Å². The Morgan fingerprint density at radius 1 is 1.12 bits per heavy atom. The van der Waals surface area contributed by atoms with E-state index < -0.39 is 0 Å². The number of piperidine rings is 1. The molecule has 2 aromatic carbocycles. The lowest BCUT2D eigenvalue weighted by Crippen LogP contribution is -2.37. The van der Waals surface area contributed by atoms with Gasteiger partial charge >= 0.3 is 0 Å². The molecule has 0 aromatic heterocycles. The van der Waals surface area contributed by atoms with Crippen LogP contribution in [0.25, 0.3) is 0 Å². The second-order valence-electron chi connectivity index (χ2n) is 6.39. The number of methoxy groups -OCH3 is 1. The SMILES string of the molecule is COc1ccc(NC(=O)C2CCN(Cc3ccc(Cl)cc3)CC2)cc1. The van der Waals surface area contributed by atoms with Gasteiger partial charge in [-0.3, -0.25) is 9.69 Å². The van der Waals surface area contributed by atoms with Gasteiger partial charge in [0.05, 0.1) is 7.11 Å². The lowest BCUT2D eigenvalue weighted by atomic mass is 9.95. The Hall–Kier alpha value is -2.04. The van der Waals surface area contributed by atoms with Crippen LogP contribution in [0.5, 0.6) is 5.75 Å². The fourth-order valence-corrected chi connectivity index (χ4v) is 3.25. The van der Waals surface area contributed by atoms with Gasteiger partial charge in [0.1, 0.15) is 5.75 Å². The highest BCUT2D eigenvalue weighted by Crippen LogP contribution is 2.22. The number of halogens is 1. The second-order valence-corrected chi connectivity index (χ2v) is 6.83. The van der Waals surface area contributed by atoms with Crippen LogP contribution in [0.4, 0.5) is 5.69 Å². The standard InChI is InChI=1S/C20H23ClN2O2/c1-25-19-8-6-18(7-9-19)22-20(24)16-10-12-23(13-11-16)14-15-2-4-17(21)5-3-15/h2-9,16H,10-14H2,1H3,(H,22,24). The fourth-order valence-electron chi connectivity index (χ4n) is 3.12. The number of amides is 1. The highest BCUT2D eigenvalue weighted by molar-refractivity contribution is 6.30. The van der Waals surface area contributed by atoms with Crippen molar-refractivity contribution in [2.75, 3.05) is 25.5 Å². The van der Waals surface area contributed by atoms with Gasteiger partial charge in [0.2, 0.25) is 5.91 Å². The van der Waals surface area contributed by atoms with Crippen LogP contribution in [-0.4, -0.2) is 31.0 Å². The summed E-state index contributed by atoms with van der Waals surface area (Å²) in [6.45, 7) is 2.77. The summed E-state index contributed by atoms with van der Waals surface area (Å²) < 4.78 is 5.13. The Morgan fingerprint density at radius 3 is 2.36 bits per heavy atom. The monoisotopic (exact) mass is 358 g/mol. The average molecular weight is 359 g/mol. The van der Waals surface area contributed by atoms with E-state index in [9.17, 15) is 4.79 Å². The number of hydrogen-bond donors (Lipinski definition) is 1. The molecular weight excluding hydrogens is 336 g/mol. The maximum Gasteiger partial charge on any atom is 0.227 e. The molecule has 132 valence electrons. The van der Waals surface area contributed by atoms with Crippen molar-refractivity contribution in [3.63, 3.8) is 0 Å². The van der Waals surface area contributed by atoms with Crippen molar-refractivity contribution < 1.29 is 9.53 Å². The first kappa shape index (κ1) is 17.8. The van der Waals surface area contributed by atoms with Gasteiger partial charge in [0.15, 0.2) is 0 Å². The first-order valence-corrected chi connectivity index (χ1v) is 8.93. The van der Waals surface area contributed by atoms with Crippen molar-refractivity contribution >= 4 is 23.2 Å². The largest absolute Gasteiger partial charge is 0.497 e. The molecular formula is C20H23ClN2O2. The highest BCUT2D eigenvalue weighted by Gasteiger charge is 2.25. The molecule has 0 aliphatic carbocycles. The van der Waals surface area contributed by atoms with Gasteiger partial charge in [0, 0.05) is 23.2 Å². The Balaban J connectivity index is 1.47. The molecule has 0 radical (unpaired) electrons. The lowest BCUT2D eigenvalue weighted by Gasteiger charge is -2.31. The minimum atomic E-state index is 0.0727. The minimum absolute atomic E-state index is 0.0727. The van der Waals surface area contributed by atoms with Crippen LogP contribution in [0.2, 0.25) is 5.02 Å². The Bertz CT molecular complexity index is 693. The summed E-state index contributed by atoms with van der Waals surface area (Å²) in [7, 11) is 1.63. The molecule has 2 aromatic rings. The predicted octanol–water partition coefficient (Wildman–Crippen LogP) is 4.20. The van der Waals surface area contributed by atoms with Crippen LogP contribution in [0.3, 0.4) is 0 Å². The van der Waals surface area contributed by atoms with Gasteiger partial charge in [0.25, 0.3) is 0 Å². The maximum atomic E-state index is 12.4. The van der Waals surface area contributed by atoms with Crippen molar-refractivity contribution in [1.82, 2.24) is 4.90 Å². The average Bonchev–Trinajstić information content (AvgIpc) is 2.65. The molecule has 1 N–H and O–H groups in total. The van der Waals surface area contributed by atoms with E-state index in [4.69, 9.17) is 16.3 Å². The van der Waals surface area contributed by atoms with Crippen LogP contribution >= 0.6 is 11.6 Å². The minimum Gasteiger partial charge on any atom is -0.497 e. The predicted molar refractivity (Wildman–Crippen MR) is 101 cm³/mol. The van der Waals surface area contributed by atoms with Gasteiger partial charge < -0.3 is 10.1 Å². The number of nitrogens with one attached hydrogen (secondary N) is 1. The summed E-state index contributed by atoms with van der Waals surface area (Å²) in [4.78, 5) is 14.8. The van der Waals surface area contributed by atoms with Gasteiger partial charge in [-0.25, -0.2) is 0 Å². The number of nitrogens with zero attached hydrogens (tertiary/aromatic N) is 1. The molecule has 1 aliphatic rings. The third-order valence-corrected chi connectivity index (χ3v) is 4.89. The zero-order valence-corrected chi connectivity index (χ0v) is 15.1. The topological polar surface area (TPSA) is 41.6 Å². The molecule has 5 heteroatoms. The quantitative estimate of drug-likeness (QED) is 0.870. The molecule has 3 rings (SSSR count). The van der Waals surface area contributed by atoms with E-state index in [-0.39, 0.29) is 11.8 Å². The van der Waals surface area contributed by atoms with Crippen LogP contribution in [0.15, 0.2) is 48.5 Å². The molecule has 1 amide bonds. The zero-order chi connectivity index (χ0) is 17.6. The number of hydrogen-bond acceptors (Lipinski definition) is 3. The van der Waals surface area contributed by atoms with Gasteiger partial charge in [-0.15, -0.1) is 0 Å². The number of carbonyl (C=O) groups excluding carboxylic acids is 1. The molecule has 1 aliphatic heterocycles. The molecule has 25 heavy (non-hydrogen) atoms. The summed E-state index contributed by atoms with van der Waals surface area (Å²) in [5.41, 5.74) is 2.07. The summed E-state index contributed by atoms with van der Waals surface area (Å²) in [5.74, 6) is 0.966. The van der Waals surface area contributed by atoms with E-state index in [1.54, 1.807) is 7.11 Å². The number of carbonyl (C=O) groups is 1. The summed E-state index contributed by atoms with van der Waals surface area (Å²) in [6.07, 6.45) is 1.77. The highest BCUT2D eigenvalue weighted by atomic mass is 35.5. The first-order valence-electron chi connectivity index (χ1n) is 8.56. The van der Waals surface area contributed by atoms with E-state index in [1.807, 2.05) is 36.4 Å². The molecule has 0 spiro atoms. The molecule has 1 saturated heterocycles. The first-order chi connectivity index (χ1) is 12.1.